The van der Waals surface area contributed by atoms with Gasteiger partial charge in [0.2, 0.25) is 0 Å². The number of hydrogen-bond donors (Lipinski definition) is 0. The second-order valence-electron chi connectivity index (χ2n) is 12.8. The number of para-hydroxylation sites is 2. The van der Waals surface area contributed by atoms with Crippen molar-refractivity contribution in [3.8, 4) is 62.0 Å². The van der Waals surface area contributed by atoms with E-state index in [-0.39, 0.29) is 0 Å². The Morgan fingerprint density at radius 1 is 0.420 bits per heavy atom. The Bertz CT molecular complexity index is 2610. The zero-order valence-electron chi connectivity index (χ0n) is 27.0. The maximum absolute atomic E-state index is 6.42. The lowest BCUT2D eigenvalue weighted by molar-refractivity contribution is 0.447. The van der Waals surface area contributed by atoms with Crippen LogP contribution in [0.5, 0.6) is 5.75 Å². The summed E-state index contributed by atoms with van der Waals surface area (Å²) < 4.78 is 6.42. The van der Waals surface area contributed by atoms with Gasteiger partial charge in [0.05, 0.1) is 34.3 Å². The third-order valence-corrected chi connectivity index (χ3v) is 10.0. The van der Waals surface area contributed by atoms with Gasteiger partial charge in [-0.2, -0.15) is 0 Å². The van der Waals surface area contributed by atoms with Gasteiger partial charge < -0.3 is 4.74 Å². The molecule has 4 nitrogen and oxygen atoms in total. The number of aromatic nitrogens is 3. The molecule has 3 heterocycles. The van der Waals surface area contributed by atoms with E-state index < -0.39 is 5.41 Å². The van der Waals surface area contributed by atoms with Gasteiger partial charge in [-0.05, 0) is 34.9 Å². The molecule has 0 fully saturated rings. The number of hydrogen-bond acceptors (Lipinski definition) is 4. The fourth-order valence-electron chi connectivity index (χ4n) is 7.72. The first-order chi connectivity index (χ1) is 24.8. The first-order valence-corrected chi connectivity index (χ1v) is 16.9. The molecule has 1 aliphatic heterocycles. The number of ether oxygens (including phenoxy) is 1. The fraction of sp³-hybridized carbons (Fsp3) is 0.0217. The van der Waals surface area contributed by atoms with Gasteiger partial charge in [-0.1, -0.05) is 152 Å². The Hall–Kier alpha value is -6.65. The molecule has 0 N–H and O–H groups in total. The Labute approximate surface area is 290 Å². The molecule has 10 rings (SSSR count). The van der Waals surface area contributed by atoms with Gasteiger partial charge in [0.25, 0.3) is 0 Å². The van der Waals surface area contributed by atoms with Crippen LogP contribution in [0.2, 0.25) is 0 Å². The van der Waals surface area contributed by atoms with Crippen molar-refractivity contribution in [2.75, 3.05) is 0 Å². The van der Waals surface area contributed by atoms with E-state index in [1.807, 2.05) is 42.7 Å². The number of benzene rings is 6. The summed E-state index contributed by atoms with van der Waals surface area (Å²) in [5.74, 6) is 1.55. The molecule has 1 atom stereocenters. The monoisotopic (exact) mass is 639 g/mol. The molecule has 0 saturated heterocycles. The second-order valence-corrected chi connectivity index (χ2v) is 12.8. The summed E-state index contributed by atoms with van der Waals surface area (Å²) in [6.07, 6.45) is 4.04. The van der Waals surface area contributed by atoms with Crippen molar-refractivity contribution in [2.45, 2.75) is 5.41 Å². The fourth-order valence-corrected chi connectivity index (χ4v) is 7.72. The SMILES string of the molecule is C1=CC2(c3ccccc3-c3nc(-c4ccccc4)ccc32)c2cccc(-c3ccc(-c4nc(-c5ccccc5)c5ccccc5n4)cc3)c2O1. The topological polar surface area (TPSA) is 47.9 Å². The van der Waals surface area contributed by atoms with Crippen LogP contribution in [-0.2, 0) is 5.41 Å². The summed E-state index contributed by atoms with van der Waals surface area (Å²) in [5.41, 5.74) is 13.2. The van der Waals surface area contributed by atoms with Crippen LogP contribution in [0.4, 0.5) is 0 Å². The minimum absolute atomic E-state index is 0.523. The van der Waals surface area contributed by atoms with Crippen molar-refractivity contribution >= 4 is 10.9 Å². The van der Waals surface area contributed by atoms with Crippen LogP contribution >= 0.6 is 0 Å². The summed E-state index contributed by atoms with van der Waals surface area (Å²) in [4.78, 5) is 15.3. The number of fused-ring (bicyclic) bond motifs is 8. The second kappa shape index (κ2) is 11.2. The van der Waals surface area contributed by atoms with Crippen LogP contribution in [-0.4, -0.2) is 15.0 Å². The molecule has 0 amide bonds. The molecule has 1 unspecified atom stereocenters. The summed E-state index contributed by atoms with van der Waals surface area (Å²) in [7, 11) is 0. The molecule has 1 spiro atoms. The van der Waals surface area contributed by atoms with Crippen molar-refractivity contribution in [3.05, 3.63) is 193 Å². The Balaban J connectivity index is 1.08. The third-order valence-electron chi connectivity index (χ3n) is 10.0. The average molecular weight is 640 g/mol. The molecular formula is C46H29N3O. The predicted octanol–water partition coefficient (Wildman–Crippen LogP) is 10.9. The van der Waals surface area contributed by atoms with Crippen LogP contribution in [0.1, 0.15) is 16.7 Å². The highest BCUT2D eigenvalue weighted by molar-refractivity contribution is 5.94. The minimum atomic E-state index is -0.523. The lowest BCUT2D eigenvalue weighted by Crippen LogP contribution is -2.27. The van der Waals surface area contributed by atoms with Gasteiger partial charge in [-0.25, -0.2) is 15.0 Å². The molecule has 50 heavy (non-hydrogen) atoms. The molecule has 0 saturated carbocycles. The van der Waals surface area contributed by atoms with Crippen molar-refractivity contribution in [1.82, 2.24) is 15.0 Å². The molecular weight excluding hydrogens is 611 g/mol. The summed E-state index contributed by atoms with van der Waals surface area (Å²) in [6.45, 7) is 0. The average Bonchev–Trinajstić information content (AvgIpc) is 3.47. The molecule has 0 radical (unpaired) electrons. The van der Waals surface area contributed by atoms with E-state index >= 15 is 0 Å². The largest absolute Gasteiger partial charge is 0.464 e. The highest BCUT2D eigenvalue weighted by atomic mass is 16.5. The summed E-state index contributed by atoms with van der Waals surface area (Å²) in [6, 6.07) is 56.9. The molecule has 4 heteroatoms. The van der Waals surface area contributed by atoms with E-state index in [0.717, 1.165) is 78.2 Å². The number of pyridine rings is 1. The van der Waals surface area contributed by atoms with E-state index in [1.165, 1.54) is 5.56 Å². The number of allylic oxidation sites excluding steroid dienone is 1. The Kier molecular flexibility index (Phi) is 6.36. The molecule has 2 aliphatic rings. The van der Waals surface area contributed by atoms with Gasteiger partial charge >= 0.3 is 0 Å². The van der Waals surface area contributed by atoms with Gasteiger partial charge in [-0.3, -0.25) is 0 Å². The maximum Gasteiger partial charge on any atom is 0.160 e. The van der Waals surface area contributed by atoms with E-state index in [0.29, 0.717) is 5.82 Å². The maximum atomic E-state index is 6.42. The Morgan fingerprint density at radius 3 is 1.94 bits per heavy atom. The molecule has 1 aliphatic carbocycles. The molecule has 6 aromatic carbocycles. The van der Waals surface area contributed by atoms with E-state index in [9.17, 15) is 0 Å². The van der Waals surface area contributed by atoms with Crippen molar-refractivity contribution in [1.29, 1.82) is 0 Å². The van der Waals surface area contributed by atoms with E-state index in [4.69, 9.17) is 19.7 Å². The van der Waals surface area contributed by atoms with Crippen LogP contribution in [0.15, 0.2) is 176 Å². The highest BCUT2D eigenvalue weighted by Gasteiger charge is 2.47. The normalized spacial score (nSPS) is 15.4. The first-order valence-electron chi connectivity index (χ1n) is 16.9. The summed E-state index contributed by atoms with van der Waals surface area (Å²) in [5, 5.41) is 1.04. The Morgan fingerprint density at radius 2 is 1.10 bits per heavy atom. The first kappa shape index (κ1) is 28.4. The summed E-state index contributed by atoms with van der Waals surface area (Å²) >= 11 is 0. The zero-order valence-corrected chi connectivity index (χ0v) is 27.0. The number of rotatable bonds is 4. The van der Waals surface area contributed by atoms with Gasteiger partial charge in [0.1, 0.15) is 5.75 Å². The zero-order chi connectivity index (χ0) is 33.1. The van der Waals surface area contributed by atoms with Crippen molar-refractivity contribution in [3.63, 3.8) is 0 Å². The van der Waals surface area contributed by atoms with Gasteiger partial charge in [0.15, 0.2) is 5.82 Å². The lowest BCUT2D eigenvalue weighted by Gasteiger charge is -2.34. The van der Waals surface area contributed by atoms with Crippen LogP contribution in [0.3, 0.4) is 0 Å². The van der Waals surface area contributed by atoms with E-state index in [2.05, 4.69) is 133 Å². The molecule has 8 aromatic rings. The predicted molar refractivity (Wildman–Crippen MR) is 201 cm³/mol. The highest BCUT2D eigenvalue weighted by Crippen LogP contribution is 2.57. The van der Waals surface area contributed by atoms with Crippen LogP contribution in [0, 0.1) is 0 Å². The lowest BCUT2D eigenvalue weighted by atomic mass is 9.71. The molecule has 234 valence electrons. The smallest absolute Gasteiger partial charge is 0.160 e. The number of nitrogens with zero attached hydrogens (tertiary/aromatic N) is 3. The van der Waals surface area contributed by atoms with Gasteiger partial charge in [0, 0.05) is 38.8 Å². The molecule has 0 bridgehead atoms. The quantitative estimate of drug-likeness (QED) is 0.192. The van der Waals surface area contributed by atoms with E-state index in [1.54, 1.807) is 0 Å². The van der Waals surface area contributed by atoms with Gasteiger partial charge in [-0.15, -0.1) is 0 Å². The third kappa shape index (κ3) is 4.28. The standard InChI is InChI=1S/C46H29N3O/c1-3-12-31(13-4-1)40-27-26-38-43(47-40)35-16-7-9-19-37(35)46(38)28-29-50-44-34(18-11-20-39(44)46)30-22-24-33(25-23-30)45-48-41-21-10-8-17-36(41)42(49-45)32-14-5-2-6-15-32/h1-29H. The van der Waals surface area contributed by atoms with Crippen molar-refractivity contribution < 1.29 is 4.74 Å². The van der Waals surface area contributed by atoms with Crippen LogP contribution in [0.25, 0.3) is 67.2 Å². The van der Waals surface area contributed by atoms with Crippen LogP contribution < -0.4 is 4.74 Å². The molecule has 2 aromatic heterocycles. The van der Waals surface area contributed by atoms with Crippen molar-refractivity contribution in [2.24, 2.45) is 0 Å². The minimum Gasteiger partial charge on any atom is -0.464 e.